The van der Waals surface area contributed by atoms with Gasteiger partial charge in [0, 0.05) is 6.42 Å². The van der Waals surface area contributed by atoms with Crippen LogP contribution in [-0.4, -0.2) is 5.78 Å². The third-order valence-corrected chi connectivity index (χ3v) is 1.65. The standard InChI is InChI=1S/C11H16O/c1-4-7-10(2)8-5-6-9-11(3)12/h1,6,9-10H,5,7-8H2,2-3H3/b9-6+/t10-/m1/s1. The zero-order chi connectivity index (χ0) is 9.40. The average Bonchev–Trinajstić information content (AvgIpc) is 1.98. The summed E-state index contributed by atoms with van der Waals surface area (Å²) in [5.41, 5.74) is 0. The van der Waals surface area contributed by atoms with Gasteiger partial charge in [0.1, 0.15) is 0 Å². The highest BCUT2D eigenvalue weighted by Crippen LogP contribution is 2.09. The Balaban J connectivity index is 3.44. The molecule has 0 radical (unpaired) electrons. The molecule has 66 valence electrons. The van der Waals surface area contributed by atoms with E-state index < -0.39 is 0 Å². The number of hydrogen-bond donors (Lipinski definition) is 0. The zero-order valence-electron chi connectivity index (χ0n) is 7.84. The largest absolute Gasteiger partial charge is 0.295 e. The van der Waals surface area contributed by atoms with Gasteiger partial charge in [0.15, 0.2) is 5.78 Å². The SMILES string of the molecule is C#CC[C@@H](C)CC/C=C/C(C)=O. The van der Waals surface area contributed by atoms with Crippen LogP contribution in [0.25, 0.3) is 0 Å². The summed E-state index contributed by atoms with van der Waals surface area (Å²) in [6.45, 7) is 3.68. The highest BCUT2D eigenvalue weighted by molar-refractivity contribution is 5.87. The molecule has 0 amide bonds. The van der Waals surface area contributed by atoms with Crippen molar-refractivity contribution in [2.75, 3.05) is 0 Å². The maximum Gasteiger partial charge on any atom is 0.152 e. The van der Waals surface area contributed by atoms with E-state index in [1.807, 2.05) is 6.08 Å². The first-order valence-electron chi connectivity index (χ1n) is 4.27. The van der Waals surface area contributed by atoms with Crippen LogP contribution in [0.3, 0.4) is 0 Å². The van der Waals surface area contributed by atoms with Gasteiger partial charge in [-0.05, 0) is 31.8 Å². The number of hydrogen-bond acceptors (Lipinski definition) is 1. The molecule has 0 bridgehead atoms. The number of carbonyl (C=O) groups excluding carboxylic acids is 1. The van der Waals surface area contributed by atoms with Gasteiger partial charge in [-0.1, -0.05) is 13.0 Å². The summed E-state index contributed by atoms with van der Waals surface area (Å²) >= 11 is 0. The third-order valence-electron chi connectivity index (χ3n) is 1.65. The van der Waals surface area contributed by atoms with Crippen LogP contribution < -0.4 is 0 Å². The van der Waals surface area contributed by atoms with Crippen LogP contribution in [0.15, 0.2) is 12.2 Å². The van der Waals surface area contributed by atoms with Gasteiger partial charge in [-0.15, -0.1) is 12.3 Å². The molecule has 0 aromatic rings. The summed E-state index contributed by atoms with van der Waals surface area (Å²) < 4.78 is 0. The molecule has 0 fully saturated rings. The molecule has 1 nitrogen and oxygen atoms in total. The summed E-state index contributed by atoms with van der Waals surface area (Å²) in [5, 5.41) is 0. The third kappa shape index (κ3) is 7.08. The molecular formula is C11H16O. The van der Waals surface area contributed by atoms with E-state index in [2.05, 4.69) is 12.8 Å². The van der Waals surface area contributed by atoms with E-state index in [1.165, 1.54) is 0 Å². The Labute approximate surface area is 74.9 Å². The molecular weight excluding hydrogens is 148 g/mol. The molecule has 0 saturated heterocycles. The molecule has 0 unspecified atom stereocenters. The maximum atomic E-state index is 10.5. The predicted molar refractivity (Wildman–Crippen MR) is 51.7 cm³/mol. The smallest absolute Gasteiger partial charge is 0.152 e. The lowest BCUT2D eigenvalue weighted by atomic mass is 10.0. The fourth-order valence-corrected chi connectivity index (χ4v) is 0.933. The van der Waals surface area contributed by atoms with E-state index in [-0.39, 0.29) is 5.78 Å². The normalized spacial score (nSPS) is 12.8. The van der Waals surface area contributed by atoms with Gasteiger partial charge in [-0.3, -0.25) is 4.79 Å². The monoisotopic (exact) mass is 164 g/mol. The first kappa shape index (κ1) is 11.0. The summed E-state index contributed by atoms with van der Waals surface area (Å²) in [5.74, 6) is 3.30. The van der Waals surface area contributed by atoms with E-state index in [1.54, 1.807) is 13.0 Å². The minimum Gasteiger partial charge on any atom is -0.295 e. The summed E-state index contributed by atoms with van der Waals surface area (Å²) in [6, 6.07) is 0. The maximum absolute atomic E-state index is 10.5. The molecule has 0 rings (SSSR count). The van der Waals surface area contributed by atoms with Crippen LogP contribution in [0.5, 0.6) is 0 Å². The lowest BCUT2D eigenvalue weighted by Crippen LogP contribution is -1.91. The van der Waals surface area contributed by atoms with E-state index in [0.717, 1.165) is 19.3 Å². The second kappa shape index (κ2) is 6.67. The molecule has 0 aliphatic heterocycles. The van der Waals surface area contributed by atoms with Crippen LogP contribution in [-0.2, 0) is 4.79 Å². The van der Waals surface area contributed by atoms with Crippen LogP contribution >= 0.6 is 0 Å². The highest BCUT2D eigenvalue weighted by Gasteiger charge is 1.96. The Bertz CT molecular complexity index is 196. The van der Waals surface area contributed by atoms with Gasteiger partial charge in [0.25, 0.3) is 0 Å². The molecule has 0 N–H and O–H groups in total. The molecule has 1 atom stereocenters. The minimum absolute atomic E-state index is 0.111. The Morgan fingerprint density at radius 3 is 2.83 bits per heavy atom. The van der Waals surface area contributed by atoms with Gasteiger partial charge in [-0.2, -0.15) is 0 Å². The second-order valence-electron chi connectivity index (χ2n) is 3.10. The fourth-order valence-electron chi connectivity index (χ4n) is 0.933. The number of ketones is 1. The van der Waals surface area contributed by atoms with E-state index in [0.29, 0.717) is 5.92 Å². The van der Waals surface area contributed by atoms with Crippen molar-refractivity contribution in [1.29, 1.82) is 0 Å². The quantitative estimate of drug-likeness (QED) is 0.451. The number of allylic oxidation sites excluding steroid dienone is 2. The van der Waals surface area contributed by atoms with Gasteiger partial charge in [0.2, 0.25) is 0 Å². The topological polar surface area (TPSA) is 17.1 Å². The molecule has 0 spiro atoms. The van der Waals surface area contributed by atoms with E-state index >= 15 is 0 Å². The highest BCUT2D eigenvalue weighted by atomic mass is 16.1. The van der Waals surface area contributed by atoms with Crippen molar-refractivity contribution < 1.29 is 4.79 Å². The fraction of sp³-hybridized carbons (Fsp3) is 0.545. The van der Waals surface area contributed by atoms with Crippen LogP contribution in [0, 0.1) is 18.3 Å². The van der Waals surface area contributed by atoms with Crippen molar-refractivity contribution in [3.63, 3.8) is 0 Å². The van der Waals surface area contributed by atoms with Crippen LogP contribution in [0.4, 0.5) is 0 Å². The Morgan fingerprint density at radius 1 is 1.67 bits per heavy atom. The van der Waals surface area contributed by atoms with Crippen LogP contribution in [0.2, 0.25) is 0 Å². The van der Waals surface area contributed by atoms with Crippen molar-refractivity contribution in [3.8, 4) is 12.3 Å². The molecule has 0 saturated carbocycles. The number of carbonyl (C=O) groups is 1. The van der Waals surface area contributed by atoms with Crippen molar-refractivity contribution in [2.45, 2.75) is 33.1 Å². The minimum atomic E-state index is 0.111. The van der Waals surface area contributed by atoms with Crippen molar-refractivity contribution in [1.82, 2.24) is 0 Å². The lowest BCUT2D eigenvalue weighted by molar-refractivity contribution is -0.112. The summed E-state index contributed by atoms with van der Waals surface area (Å²) in [7, 11) is 0. The second-order valence-corrected chi connectivity index (χ2v) is 3.10. The van der Waals surface area contributed by atoms with Gasteiger partial charge < -0.3 is 0 Å². The zero-order valence-corrected chi connectivity index (χ0v) is 7.84. The summed E-state index contributed by atoms with van der Waals surface area (Å²) in [4.78, 5) is 10.5. The van der Waals surface area contributed by atoms with Crippen molar-refractivity contribution >= 4 is 5.78 Å². The summed E-state index contributed by atoms with van der Waals surface area (Å²) in [6.07, 6.45) is 11.5. The van der Waals surface area contributed by atoms with Gasteiger partial charge >= 0.3 is 0 Å². The molecule has 0 aliphatic carbocycles. The van der Waals surface area contributed by atoms with E-state index in [9.17, 15) is 4.79 Å². The van der Waals surface area contributed by atoms with Crippen molar-refractivity contribution in [3.05, 3.63) is 12.2 Å². The Kier molecular flexibility index (Phi) is 6.09. The van der Waals surface area contributed by atoms with Crippen LogP contribution in [0.1, 0.15) is 33.1 Å². The predicted octanol–water partition coefficient (Wildman–Crippen LogP) is 2.57. The molecule has 0 heterocycles. The first-order chi connectivity index (χ1) is 5.66. The van der Waals surface area contributed by atoms with E-state index in [4.69, 9.17) is 6.42 Å². The molecule has 12 heavy (non-hydrogen) atoms. The first-order valence-corrected chi connectivity index (χ1v) is 4.27. The molecule has 0 aliphatic rings. The Hall–Kier alpha value is -1.03. The average molecular weight is 164 g/mol. The Morgan fingerprint density at radius 2 is 2.33 bits per heavy atom. The number of terminal acetylenes is 1. The lowest BCUT2D eigenvalue weighted by Gasteiger charge is -2.03. The number of rotatable bonds is 5. The molecule has 0 aromatic carbocycles. The van der Waals surface area contributed by atoms with Gasteiger partial charge in [0.05, 0.1) is 0 Å². The van der Waals surface area contributed by atoms with Gasteiger partial charge in [-0.25, -0.2) is 0 Å². The van der Waals surface area contributed by atoms with Crippen molar-refractivity contribution in [2.24, 2.45) is 5.92 Å². The molecule has 1 heteroatoms. The molecule has 0 aromatic heterocycles.